The van der Waals surface area contributed by atoms with Gasteiger partial charge in [-0.15, -0.1) is 0 Å². The Hall–Kier alpha value is -3.94. The van der Waals surface area contributed by atoms with Gasteiger partial charge in [-0.2, -0.15) is 5.10 Å². The fourth-order valence-corrected chi connectivity index (χ4v) is 2.84. The van der Waals surface area contributed by atoms with Crippen molar-refractivity contribution in [1.29, 1.82) is 0 Å². The molecule has 8 nitrogen and oxygen atoms in total. The van der Waals surface area contributed by atoms with Crippen LogP contribution in [0.25, 0.3) is 11.3 Å². The summed E-state index contributed by atoms with van der Waals surface area (Å²) in [4.78, 5) is 37.2. The first-order valence-electron chi connectivity index (χ1n) is 9.31. The van der Waals surface area contributed by atoms with Crippen LogP contribution in [-0.2, 0) is 9.59 Å². The van der Waals surface area contributed by atoms with Crippen molar-refractivity contribution in [3.8, 4) is 17.0 Å². The van der Waals surface area contributed by atoms with E-state index >= 15 is 0 Å². The van der Waals surface area contributed by atoms with E-state index in [2.05, 4.69) is 15.7 Å². The van der Waals surface area contributed by atoms with Gasteiger partial charge in [0.2, 0.25) is 11.8 Å². The molecule has 0 unspecified atom stereocenters. The van der Waals surface area contributed by atoms with Crippen molar-refractivity contribution in [2.75, 3.05) is 17.7 Å². The van der Waals surface area contributed by atoms with Crippen LogP contribution in [0.2, 0.25) is 0 Å². The van der Waals surface area contributed by atoms with Crippen molar-refractivity contribution in [2.45, 2.75) is 19.9 Å². The molecule has 0 fully saturated rings. The normalized spacial score (nSPS) is 11.4. The lowest BCUT2D eigenvalue weighted by Gasteiger charge is -2.17. The minimum Gasteiger partial charge on any atom is -0.497 e. The number of hydrogen-bond acceptors (Lipinski definition) is 5. The highest BCUT2D eigenvalue weighted by atomic mass is 16.5. The van der Waals surface area contributed by atoms with Gasteiger partial charge < -0.3 is 15.4 Å². The predicted octanol–water partition coefficient (Wildman–Crippen LogP) is 3.08. The molecule has 2 N–H and O–H groups in total. The van der Waals surface area contributed by atoms with E-state index in [1.807, 2.05) is 30.3 Å². The van der Waals surface area contributed by atoms with Crippen molar-refractivity contribution in [3.63, 3.8) is 0 Å². The maximum atomic E-state index is 12.9. The molecular weight excluding hydrogens is 384 g/mol. The Balaban J connectivity index is 1.96. The number of nitrogens with one attached hydrogen (secondary N) is 2. The topological polar surface area (TPSA) is 102 Å². The maximum Gasteiger partial charge on any atom is 0.291 e. The molecule has 3 rings (SSSR count). The fourth-order valence-electron chi connectivity index (χ4n) is 2.84. The molecule has 0 saturated carbocycles. The van der Waals surface area contributed by atoms with Gasteiger partial charge in [-0.05, 0) is 37.3 Å². The number of methoxy groups -OCH3 is 1. The average molecular weight is 406 g/mol. The maximum absolute atomic E-state index is 12.9. The third kappa shape index (κ3) is 4.72. The van der Waals surface area contributed by atoms with Crippen LogP contribution in [0.15, 0.2) is 65.5 Å². The van der Waals surface area contributed by atoms with Gasteiger partial charge in [-0.25, -0.2) is 4.68 Å². The van der Waals surface area contributed by atoms with Crippen LogP contribution < -0.4 is 20.9 Å². The molecular formula is C22H22N4O4. The zero-order chi connectivity index (χ0) is 21.7. The van der Waals surface area contributed by atoms with Crippen molar-refractivity contribution in [2.24, 2.45) is 0 Å². The second kappa shape index (κ2) is 9.04. The van der Waals surface area contributed by atoms with Gasteiger partial charge >= 0.3 is 0 Å². The summed E-state index contributed by atoms with van der Waals surface area (Å²) < 4.78 is 6.18. The Morgan fingerprint density at radius 2 is 1.70 bits per heavy atom. The number of benzene rings is 2. The van der Waals surface area contributed by atoms with Crippen LogP contribution in [0.3, 0.4) is 0 Å². The van der Waals surface area contributed by atoms with Crippen LogP contribution in [0, 0.1) is 0 Å². The van der Waals surface area contributed by atoms with Crippen molar-refractivity contribution >= 4 is 23.2 Å². The summed E-state index contributed by atoms with van der Waals surface area (Å²) in [5.74, 6) is -0.151. The highest BCUT2D eigenvalue weighted by Crippen LogP contribution is 2.20. The third-order valence-electron chi connectivity index (χ3n) is 4.42. The van der Waals surface area contributed by atoms with E-state index in [1.165, 1.54) is 13.0 Å². The minimum absolute atomic E-state index is 0.0560. The molecule has 0 saturated heterocycles. The standard InChI is InChI=1S/C22H22N4O4/c1-14(21(28)24-17-9-11-18(30-3)12-10-17)26-22(29)20(23-15(2)27)13-19(25-26)16-7-5-4-6-8-16/h4-14H,1-3H3,(H,23,27)(H,24,28)/t14-/m0/s1. The second-order valence-corrected chi connectivity index (χ2v) is 6.63. The number of amides is 2. The molecule has 1 atom stereocenters. The molecule has 2 aromatic carbocycles. The highest BCUT2D eigenvalue weighted by molar-refractivity contribution is 5.93. The molecule has 0 aliphatic rings. The molecule has 8 heteroatoms. The van der Waals surface area contributed by atoms with E-state index in [-0.39, 0.29) is 11.6 Å². The van der Waals surface area contributed by atoms with E-state index in [1.54, 1.807) is 38.3 Å². The number of carbonyl (C=O) groups excluding carboxylic acids is 2. The van der Waals surface area contributed by atoms with Gasteiger partial charge in [0.25, 0.3) is 5.56 Å². The van der Waals surface area contributed by atoms with E-state index in [4.69, 9.17) is 4.74 Å². The van der Waals surface area contributed by atoms with Crippen LogP contribution in [-0.4, -0.2) is 28.7 Å². The quantitative estimate of drug-likeness (QED) is 0.655. The number of nitrogens with zero attached hydrogens (tertiary/aromatic N) is 2. The van der Waals surface area contributed by atoms with Crippen LogP contribution >= 0.6 is 0 Å². The zero-order valence-corrected chi connectivity index (χ0v) is 16.9. The van der Waals surface area contributed by atoms with Crippen LogP contribution in [0.4, 0.5) is 11.4 Å². The first kappa shape index (κ1) is 20.8. The fraction of sp³-hybridized carbons (Fsp3) is 0.182. The van der Waals surface area contributed by atoms with Gasteiger partial charge in [-0.1, -0.05) is 30.3 Å². The first-order chi connectivity index (χ1) is 14.4. The van der Waals surface area contributed by atoms with Crippen molar-refractivity contribution < 1.29 is 14.3 Å². The number of aromatic nitrogens is 2. The molecule has 154 valence electrons. The summed E-state index contributed by atoms with van der Waals surface area (Å²) in [5.41, 5.74) is 1.26. The van der Waals surface area contributed by atoms with E-state index in [0.29, 0.717) is 17.1 Å². The molecule has 0 radical (unpaired) electrons. The minimum atomic E-state index is -0.921. The lowest BCUT2D eigenvalue weighted by Crippen LogP contribution is -2.35. The summed E-state index contributed by atoms with van der Waals surface area (Å²) in [6, 6.07) is 16.6. The molecule has 0 bridgehead atoms. The van der Waals surface area contributed by atoms with E-state index < -0.39 is 17.5 Å². The second-order valence-electron chi connectivity index (χ2n) is 6.63. The molecule has 1 heterocycles. The summed E-state index contributed by atoms with van der Waals surface area (Å²) in [6.45, 7) is 2.88. The van der Waals surface area contributed by atoms with Gasteiger partial charge in [0.1, 0.15) is 17.5 Å². The van der Waals surface area contributed by atoms with E-state index in [9.17, 15) is 14.4 Å². The van der Waals surface area contributed by atoms with Gasteiger partial charge in [0, 0.05) is 18.2 Å². The van der Waals surface area contributed by atoms with E-state index in [0.717, 1.165) is 10.2 Å². The summed E-state index contributed by atoms with van der Waals surface area (Å²) in [5, 5.41) is 9.65. The lowest BCUT2D eigenvalue weighted by atomic mass is 10.1. The monoisotopic (exact) mass is 406 g/mol. The summed E-state index contributed by atoms with van der Waals surface area (Å²) in [6.07, 6.45) is 0. The Labute approximate surface area is 173 Å². The van der Waals surface area contributed by atoms with Crippen LogP contribution in [0.1, 0.15) is 19.9 Å². The zero-order valence-electron chi connectivity index (χ0n) is 16.9. The number of ether oxygens (including phenoxy) is 1. The molecule has 0 spiro atoms. The molecule has 3 aromatic rings. The number of anilines is 2. The Bertz CT molecular complexity index is 1110. The Kier molecular flexibility index (Phi) is 6.26. The molecule has 0 aliphatic carbocycles. The summed E-state index contributed by atoms with van der Waals surface area (Å²) in [7, 11) is 1.56. The highest BCUT2D eigenvalue weighted by Gasteiger charge is 2.21. The number of rotatable bonds is 6. The smallest absolute Gasteiger partial charge is 0.291 e. The SMILES string of the molecule is COc1ccc(NC(=O)[C@H](C)n2nc(-c3ccccc3)cc(NC(C)=O)c2=O)cc1. The van der Waals surface area contributed by atoms with Crippen LogP contribution in [0.5, 0.6) is 5.75 Å². The Morgan fingerprint density at radius 1 is 1.03 bits per heavy atom. The molecule has 1 aromatic heterocycles. The predicted molar refractivity (Wildman–Crippen MR) is 115 cm³/mol. The average Bonchev–Trinajstić information content (AvgIpc) is 2.75. The van der Waals surface area contributed by atoms with Gasteiger partial charge in [-0.3, -0.25) is 14.4 Å². The van der Waals surface area contributed by atoms with Crippen molar-refractivity contribution in [3.05, 3.63) is 71.0 Å². The summed E-state index contributed by atoms with van der Waals surface area (Å²) >= 11 is 0. The van der Waals surface area contributed by atoms with Crippen molar-refractivity contribution in [1.82, 2.24) is 9.78 Å². The third-order valence-corrected chi connectivity index (χ3v) is 4.42. The first-order valence-corrected chi connectivity index (χ1v) is 9.31. The number of hydrogen-bond donors (Lipinski definition) is 2. The Morgan fingerprint density at radius 3 is 2.30 bits per heavy atom. The van der Waals surface area contributed by atoms with Gasteiger partial charge in [0.05, 0.1) is 12.8 Å². The lowest BCUT2D eigenvalue weighted by molar-refractivity contribution is -0.119. The number of carbonyl (C=O) groups is 2. The molecule has 0 aliphatic heterocycles. The molecule has 2 amide bonds. The van der Waals surface area contributed by atoms with Gasteiger partial charge in [0.15, 0.2) is 0 Å². The molecule has 30 heavy (non-hydrogen) atoms. The largest absolute Gasteiger partial charge is 0.497 e.